The molecule has 1 fully saturated rings. The van der Waals surface area contributed by atoms with Crippen molar-refractivity contribution in [3.8, 4) is 0 Å². The summed E-state index contributed by atoms with van der Waals surface area (Å²) in [6.07, 6.45) is 1.64. The lowest BCUT2D eigenvalue weighted by Gasteiger charge is -2.00. The molecule has 1 atom stereocenters. The number of hydrogen-bond acceptors (Lipinski definition) is 8. The number of ether oxygens (including phenoxy) is 1. The zero-order valence-electron chi connectivity index (χ0n) is 11.0. The Morgan fingerprint density at radius 3 is 3.00 bits per heavy atom. The highest BCUT2D eigenvalue weighted by atomic mass is 32.2. The highest BCUT2D eigenvalue weighted by molar-refractivity contribution is 8.04. The van der Waals surface area contributed by atoms with Crippen LogP contribution in [0.4, 0.5) is 0 Å². The van der Waals surface area contributed by atoms with Crippen LogP contribution < -0.4 is 5.32 Å². The Labute approximate surface area is 129 Å². The van der Waals surface area contributed by atoms with Crippen LogP contribution in [0.3, 0.4) is 0 Å². The van der Waals surface area contributed by atoms with Gasteiger partial charge in [-0.05, 0) is 6.42 Å². The lowest BCUT2D eigenvalue weighted by Crippen LogP contribution is -2.25. The van der Waals surface area contributed by atoms with Crippen LogP contribution in [0.5, 0.6) is 0 Å². The smallest absolute Gasteiger partial charge is 0.319 e. The maximum absolute atomic E-state index is 11.5. The molecule has 1 aromatic rings. The molecule has 0 aromatic carbocycles. The average molecular weight is 333 g/mol. The van der Waals surface area contributed by atoms with E-state index in [9.17, 15) is 9.59 Å². The van der Waals surface area contributed by atoms with Gasteiger partial charge >= 0.3 is 5.97 Å². The molecular formula is C11H15N3O3S3. The normalized spacial score (nSPS) is 18.1. The molecular weight excluding hydrogens is 318 g/mol. The quantitative estimate of drug-likeness (QED) is 0.599. The van der Waals surface area contributed by atoms with E-state index in [0.717, 1.165) is 15.1 Å². The van der Waals surface area contributed by atoms with Gasteiger partial charge in [0, 0.05) is 13.0 Å². The van der Waals surface area contributed by atoms with E-state index in [4.69, 9.17) is 4.74 Å². The first kappa shape index (κ1) is 15.6. The lowest BCUT2D eigenvalue weighted by molar-refractivity contribution is -0.137. The molecule has 9 heteroatoms. The van der Waals surface area contributed by atoms with Crippen molar-refractivity contribution in [2.75, 3.05) is 18.9 Å². The van der Waals surface area contributed by atoms with Gasteiger partial charge in [-0.25, -0.2) is 0 Å². The number of thioether (sulfide) groups is 2. The van der Waals surface area contributed by atoms with Crippen molar-refractivity contribution >= 4 is 46.7 Å². The molecule has 2 rings (SSSR count). The molecule has 0 aliphatic carbocycles. The Balaban J connectivity index is 1.77. The highest BCUT2D eigenvalue weighted by Gasteiger charge is 2.28. The van der Waals surface area contributed by atoms with Gasteiger partial charge in [0.25, 0.3) is 0 Å². The number of aromatic nitrogens is 2. The van der Waals surface area contributed by atoms with E-state index in [-0.39, 0.29) is 17.1 Å². The van der Waals surface area contributed by atoms with E-state index >= 15 is 0 Å². The molecule has 1 saturated heterocycles. The third-order valence-corrected chi connectivity index (χ3v) is 5.80. The van der Waals surface area contributed by atoms with Gasteiger partial charge in [0.2, 0.25) is 5.91 Å². The number of amides is 1. The van der Waals surface area contributed by atoms with Crippen LogP contribution in [0.1, 0.15) is 19.8 Å². The van der Waals surface area contributed by atoms with E-state index in [1.165, 1.54) is 34.9 Å². The van der Waals surface area contributed by atoms with Gasteiger partial charge in [-0.1, -0.05) is 41.8 Å². The molecule has 110 valence electrons. The standard InChI is InChI=1S/C11H15N3O3S3/c1-2-4-12-8(15)6-18-10-13-14-11(20-10)19-7-3-5-17-9(7)16/h7H,2-6H2,1H3,(H,12,15). The Morgan fingerprint density at radius 2 is 2.30 bits per heavy atom. The Hall–Kier alpha value is -0.800. The summed E-state index contributed by atoms with van der Waals surface area (Å²) in [4.78, 5) is 22.8. The summed E-state index contributed by atoms with van der Waals surface area (Å²) in [5.74, 6) is 0.157. The summed E-state index contributed by atoms with van der Waals surface area (Å²) in [7, 11) is 0. The first-order valence-electron chi connectivity index (χ1n) is 6.25. The predicted octanol–water partition coefficient (Wildman–Crippen LogP) is 1.56. The molecule has 0 radical (unpaired) electrons. The molecule has 1 aliphatic rings. The number of cyclic esters (lactones) is 1. The van der Waals surface area contributed by atoms with Crippen LogP contribution in [-0.4, -0.2) is 46.2 Å². The number of hydrogen-bond donors (Lipinski definition) is 1. The first-order valence-corrected chi connectivity index (χ1v) is 8.93. The van der Waals surface area contributed by atoms with Crippen molar-refractivity contribution in [2.45, 2.75) is 33.7 Å². The third kappa shape index (κ3) is 4.64. The summed E-state index contributed by atoms with van der Waals surface area (Å²) >= 11 is 4.15. The van der Waals surface area contributed by atoms with Crippen molar-refractivity contribution in [2.24, 2.45) is 0 Å². The zero-order chi connectivity index (χ0) is 14.4. The molecule has 1 N–H and O–H groups in total. The zero-order valence-corrected chi connectivity index (χ0v) is 13.4. The van der Waals surface area contributed by atoms with Gasteiger partial charge in [0.05, 0.1) is 12.4 Å². The molecule has 1 unspecified atom stereocenters. The fourth-order valence-corrected chi connectivity index (χ4v) is 4.51. The van der Waals surface area contributed by atoms with Gasteiger partial charge in [-0.15, -0.1) is 10.2 Å². The minimum Gasteiger partial charge on any atom is -0.465 e. The minimum absolute atomic E-state index is 0.000578. The van der Waals surface area contributed by atoms with E-state index in [0.29, 0.717) is 25.3 Å². The van der Waals surface area contributed by atoms with Gasteiger partial charge in [-0.2, -0.15) is 0 Å². The lowest BCUT2D eigenvalue weighted by atomic mass is 10.4. The van der Waals surface area contributed by atoms with E-state index in [1.54, 1.807) is 0 Å². The van der Waals surface area contributed by atoms with Gasteiger partial charge in [0.15, 0.2) is 8.68 Å². The van der Waals surface area contributed by atoms with Crippen molar-refractivity contribution in [1.82, 2.24) is 15.5 Å². The van der Waals surface area contributed by atoms with Crippen LogP contribution in [0.2, 0.25) is 0 Å². The van der Waals surface area contributed by atoms with E-state index in [2.05, 4.69) is 15.5 Å². The van der Waals surface area contributed by atoms with Crippen LogP contribution in [-0.2, 0) is 14.3 Å². The molecule has 0 saturated carbocycles. The SMILES string of the molecule is CCCNC(=O)CSc1nnc(SC2CCOC2=O)s1. The number of carbonyl (C=O) groups is 2. The second-order valence-corrected chi connectivity index (χ2v) is 7.69. The monoisotopic (exact) mass is 333 g/mol. The summed E-state index contributed by atoms with van der Waals surface area (Å²) in [6, 6.07) is 0. The van der Waals surface area contributed by atoms with Crippen molar-refractivity contribution in [3.05, 3.63) is 0 Å². The molecule has 2 heterocycles. The van der Waals surface area contributed by atoms with Crippen LogP contribution >= 0.6 is 34.9 Å². The van der Waals surface area contributed by atoms with Crippen LogP contribution in [0.15, 0.2) is 8.68 Å². The molecule has 0 spiro atoms. The van der Waals surface area contributed by atoms with Gasteiger partial charge in [-0.3, -0.25) is 9.59 Å². The predicted molar refractivity (Wildman–Crippen MR) is 79.2 cm³/mol. The number of nitrogens with one attached hydrogen (secondary N) is 1. The van der Waals surface area contributed by atoms with Crippen molar-refractivity contribution < 1.29 is 14.3 Å². The Bertz CT molecular complexity index is 480. The van der Waals surface area contributed by atoms with E-state index < -0.39 is 0 Å². The first-order chi connectivity index (χ1) is 9.69. The molecule has 1 aliphatic heterocycles. The summed E-state index contributed by atoms with van der Waals surface area (Å²) < 4.78 is 6.38. The molecule has 0 bridgehead atoms. The Morgan fingerprint density at radius 1 is 1.50 bits per heavy atom. The largest absolute Gasteiger partial charge is 0.465 e. The minimum atomic E-state index is -0.182. The van der Waals surface area contributed by atoms with Crippen LogP contribution in [0, 0.1) is 0 Å². The maximum atomic E-state index is 11.5. The second kappa shape index (κ2) is 7.84. The average Bonchev–Trinajstić information content (AvgIpc) is 3.05. The van der Waals surface area contributed by atoms with Crippen LogP contribution in [0.25, 0.3) is 0 Å². The topological polar surface area (TPSA) is 81.2 Å². The second-order valence-electron chi connectivity index (χ2n) is 4.04. The number of nitrogens with zero attached hydrogens (tertiary/aromatic N) is 2. The maximum Gasteiger partial charge on any atom is 0.319 e. The fourth-order valence-electron chi connectivity index (χ4n) is 1.45. The van der Waals surface area contributed by atoms with Crippen molar-refractivity contribution in [3.63, 3.8) is 0 Å². The third-order valence-electron chi connectivity index (χ3n) is 2.42. The highest BCUT2D eigenvalue weighted by Crippen LogP contribution is 2.34. The van der Waals surface area contributed by atoms with Crippen molar-refractivity contribution in [1.29, 1.82) is 0 Å². The van der Waals surface area contributed by atoms with E-state index in [1.807, 2.05) is 6.92 Å². The molecule has 1 amide bonds. The number of esters is 1. The fraction of sp³-hybridized carbons (Fsp3) is 0.636. The molecule has 1 aromatic heterocycles. The summed E-state index contributed by atoms with van der Waals surface area (Å²) in [6.45, 7) is 3.19. The summed E-state index contributed by atoms with van der Waals surface area (Å²) in [5, 5.41) is 10.7. The number of carbonyl (C=O) groups excluding carboxylic acids is 2. The number of rotatable bonds is 7. The molecule has 6 nitrogen and oxygen atoms in total. The Kier molecular flexibility index (Phi) is 6.11. The summed E-state index contributed by atoms with van der Waals surface area (Å²) in [5.41, 5.74) is 0. The van der Waals surface area contributed by atoms with Gasteiger partial charge in [0.1, 0.15) is 5.25 Å². The molecule has 20 heavy (non-hydrogen) atoms. The van der Waals surface area contributed by atoms with Gasteiger partial charge < -0.3 is 10.1 Å².